The van der Waals surface area contributed by atoms with Gasteiger partial charge >= 0.3 is 6.09 Å². The highest BCUT2D eigenvalue weighted by atomic mass is 16.5. The topological polar surface area (TPSA) is 63.6 Å². The highest BCUT2D eigenvalue weighted by molar-refractivity contribution is 5.80. The van der Waals surface area contributed by atoms with Gasteiger partial charge in [0.25, 0.3) is 0 Å². The number of hydrogen-bond acceptors (Lipinski definition) is 4. The Morgan fingerprint density at radius 3 is 2.68 bits per heavy atom. The second kappa shape index (κ2) is 6.90. The van der Waals surface area contributed by atoms with Crippen LogP contribution < -0.4 is 5.43 Å². The summed E-state index contributed by atoms with van der Waals surface area (Å²) in [6.07, 6.45) is 4.23. The average Bonchev–Trinajstić information content (AvgIpc) is 2.47. The van der Waals surface area contributed by atoms with Gasteiger partial charge in [0, 0.05) is 12.4 Å². The van der Waals surface area contributed by atoms with Gasteiger partial charge in [-0.05, 0) is 23.3 Å². The maximum atomic E-state index is 11.3. The minimum Gasteiger partial charge on any atom is -0.443 e. The molecule has 0 bridgehead atoms. The first-order valence-electron chi connectivity index (χ1n) is 5.74. The second-order valence-corrected chi connectivity index (χ2v) is 3.71. The Labute approximate surface area is 110 Å². The average molecular weight is 255 g/mol. The van der Waals surface area contributed by atoms with Crippen molar-refractivity contribution in [3.8, 4) is 0 Å². The zero-order chi connectivity index (χ0) is 13.3. The lowest BCUT2D eigenvalue weighted by Crippen LogP contribution is -2.18. The van der Waals surface area contributed by atoms with Crippen molar-refractivity contribution in [3.63, 3.8) is 0 Å². The lowest BCUT2D eigenvalue weighted by Gasteiger charge is -2.03. The number of carbonyl (C=O) groups excluding carboxylic acids is 1. The Kier molecular flexibility index (Phi) is 4.64. The van der Waals surface area contributed by atoms with Gasteiger partial charge in [-0.2, -0.15) is 5.10 Å². The predicted octanol–water partition coefficient (Wildman–Crippen LogP) is 2.34. The van der Waals surface area contributed by atoms with Crippen LogP contribution in [0.15, 0.2) is 60.0 Å². The summed E-state index contributed by atoms with van der Waals surface area (Å²) >= 11 is 0. The Bertz CT molecular complexity index is 541. The third-order valence-electron chi connectivity index (χ3n) is 2.29. The largest absolute Gasteiger partial charge is 0.443 e. The smallest absolute Gasteiger partial charge is 0.428 e. The van der Waals surface area contributed by atoms with Crippen LogP contribution in [0.2, 0.25) is 0 Å². The van der Waals surface area contributed by atoms with Crippen LogP contribution in [0, 0.1) is 0 Å². The molecule has 0 spiro atoms. The molecule has 1 heterocycles. The minimum atomic E-state index is -0.589. The van der Waals surface area contributed by atoms with E-state index >= 15 is 0 Å². The summed E-state index contributed by atoms with van der Waals surface area (Å²) in [7, 11) is 0. The van der Waals surface area contributed by atoms with Crippen LogP contribution in [0.4, 0.5) is 4.79 Å². The number of hydrogen-bond donors (Lipinski definition) is 1. The van der Waals surface area contributed by atoms with Crippen LogP contribution in [0.5, 0.6) is 0 Å². The molecule has 5 heteroatoms. The van der Waals surface area contributed by atoms with Crippen molar-refractivity contribution < 1.29 is 9.53 Å². The lowest BCUT2D eigenvalue weighted by molar-refractivity contribution is 0.140. The molecule has 0 radical (unpaired) electrons. The number of pyridine rings is 1. The van der Waals surface area contributed by atoms with Gasteiger partial charge in [-0.15, -0.1) is 0 Å². The van der Waals surface area contributed by atoms with Crippen molar-refractivity contribution in [3.05, 3.63) is 66.0 Å². The van der Waals surface area contributed by atoms with Crippen LogP contribution in [0.1, 0.15) is 11.1 Å². The Morgan fingerprint density at radius 1 is 1.21 bits per heavy atom. The molecule has 1 aromatic carbocycles. The molecule has 0 unspecified atom stereocenters. The first-order valence-corrected chi connectivity index (χ1v) is 5.74. The van der Waals surface area contributed by atoms with Crippen molar-refractivity contribution in [1.82, 2.24) is 10.4 Å². The van der Waals surface area contributed by atoms with Crippen molar-refractivity contribution in [2.24, 2.45) is 5.10 Å². The number of carbonyl (C=O) groups is 1. The normalized spacial score (nSPS) is 10.3. The maximum absolute atomic E-state index is 11.3. The molecule has 0 fully saturated rings. The molecule has 0 atom stereocenters. The van der Waals surface area contributed by atoms with Gasteiger partial charge in [-0.3, -0.25) is 4.98 Å². The lowest BCUT2D eigenvalue weighted by atomic mass is 10.2. The first-order chi connectivity index (χ1) is 9.34. The van der Waals surface area contributed by atoms with Crippen LogP contribution in [-0.2, 0) is 11.3 Å². The number of nitrogens with one attached hydrogen (secondary N) is 1. The minimum absolute atomic E-state index is 0.220. The van der Waals surface area contributed by atoms with Crippen LogP contribution in [-0.4, -0.2) is 17.3 Å². The van der Waals surface area contributed by atoms with Gasteiger partial charge in [0.15, 0.2) is 0 Å². The summed E-state index contributed by atoms with van der Waals surface area (Å²) in [5.74, 6) is 0. The number of nitrogens with zero attached hydrogens (tertiary/aromatic N) is 2. The fraction of sp³-hybridized carbons (Fsp3) is 0.0714. The molecule has 0 aliphatic rings. The molecule has 2 rings (SSSR count). The Hall–Kier alpha value is -2.69. The Balaban J connectivity index is 1.75. The molecule has 5 nitrogen and oxygen atoms in total. The molecule has 96 valence electrons. The van der Waals surface area contributed by atoms with E-state index in [-0.39, 0.29) is 6.61 Å². The molecular weight excluding hydrogens is 242 g/mol. The van der Waals surface area contributed by atoms with Gasteiger partial charge in [0.2, 0.25) is 0 Å². The summed E-state index contributed by atoms with van der Waals surface area (Å²) < 4.78 is 4.99. The van der Waals surface area contributed by atoms with E-state index in [1.54, 1.807) is 24.5 Å². The van der Waals surface area contributed by atoms with Gasteiger partial charge in [-0.1, -0.05) is 30.3 Å². The monoisotopic (exact) mass is 255 g/mol. The third kappa shape index (κ3) is 4.59. The number of hydrazone groups is 1. The summed E-state index contributed by atoms with van der Waals surface area (Å²) in [5.41, 5.74) is 4.06. The van der Waals surface area contributed by atoms with Gasteiger partial charge in [0.05, 0.1) is 6.21 Å². The van der Waals surface area contributed by atoms with E-state index < -0.39 is 6.09 Å². The number of amides is 1. The summed E-state index contributed by atoms with van der Waals surface area (Å²) in [6, 6.07) is 13.0. The molecule has 1 amide bonds. The Morgan fingerprint density at radius 2 is 1.95 bits per heavy atom. The van der Waals surface area contributed by atoms with Crippen LogP contribution >= 0.6 is 0 Å². The quantitative estimate of drug-likeness (QED) is 0.673. The highest BCUT2D eigenvalue weighted by Gasteiger charge is 1.99. The van der Waals surface area contributed by atoms with E-state index in [1.807, 2.05) is 30.3 Å². The van der Waals surface area contributed by atoms with Gasteiger partial charge < -0.3 is 4.74 Å². The SMILES string of the molecule is O=C(N/N=C/c1ccncc1)OCc1ccccc1. The van der Waals surface area contributed by atoms with Crippen molar-refractivity contribution in [2.45, 2.75) is 6.61 Å². The second-order valence-electron chi connectivity index (χ2n) is 3.71. The zero-order valence-electron chi connectivity index (χ0n) is 10.2. The number of benzene rings is 1. The van der Waals surface area contributed by atoms with Crippen LogP contribution in [0.3, 0.4) is 0 Å². The summed E-state index contributed by atoms with van der Waals surface area (Å²) in [5, 5.41) is 3.78. The highest BCUT2D eigenvalue weighted by Crippen LogP contribution is 2.00. The fourth-order valence-corrected chi connectivity index (χ4v) is 1.36. The van der Waals surface area contributed by atoms with E-state index in [0.29, 0.717) is 0 Å². The summed E-state index contributed by atoms with van der Waals surface area (Å²) in [4.78, 5) is 15.2. The van der Waals surface area contributed by atoms with E-state index in [2.05, 4.69) is 15.5 Å². The molecule has 0 saturated heterocycles. The van der Waals surface area contributed by atoms with Crippen molar-refractivity contribution in [1.29, 1.82) is 0 Å². The molecule has 19 heavy (non-hydrogen) atoms. The number of aromatic nitrogens is 1. The fourth-order valence-electron chi connectivity index (χ4n) is 1.36. The number of rotatable bonds is 4. The van der Waals surface area contributed by atoms with E-state index in [1.165, 1.54) is 6.21 Å². The molecule has 0 aliphatic heterocycles. The van der Waals surface area contributed by atoms with E-state index in [9.17, 15) is 4.79 Å². The molecule has 1 N–H and O–H groups in total. The molecule has 0 saturated carbocycles. The maximum Gasteiger partial charge on any atom is 0.428 e. The standard InChI is InChI=1S/C14H13N3O2/c18-14(19-11-13-4-2-1-3-5-13)17-16-10-12-6-8-15-9-7-12/h1-10H,11H2,(H,17,18)/b16-10+. The molecule has 0 aliphatic carbocycles. The van der Waals surface area contributed by atoms with E-state index in [4.69, 9.17) is 4.74 Å². The molecular formula is C14H13N3O2. The summed E-state index contributed by atoms with van der Waals surface area (Å²) in [6.45, 7) is 0.220. The van der Waals surface area contributed by atoms with Crippen molar-refractivity contribution in [2.75, 3.05) is 0 Å². The van der Waals surface area contributed by atoms with Gasteiger partial charge in [0.1, 0.15) is 6.61 Å². The van der Waals surface area contributed by atoms with Gasteiger partial charge in [-0.25, -0.2) is 10.2 Å². The first kappa shape index (κ1) is 12.8. The van der Waals surface area contributed by atoms with E-state index in [0.717, 1.165) is 11.1 Å². The number of ether oxygens (including phenoxy) is 1. The predicted molar refractivity (Wildman–Crippen MR) is 71.6 cm³/mol. The third-order valence-corrected chi connectivity index (χ3v) is 2.29. The zero-order valence-corrected chi connectivity index (χ0v) is 10.2. The van der Waals surface area contributed by atoms with Crippen LogP contribution in [0.25, 0.3) is 0 Å². The van der Waals surface area contributed by atoms with Crippen molar-refractivity contribution >= 4 is 12.3 Å². The molecule has 2 aromatic rings. The molecule has 1 aromatic heterocycles.